The molecule has 1 atom stereocenters. The fraction of sp³-hybridized carbons (Fsp3) is 0.282. The molecule has 1 saturated heterocycles. The van der Waals surface area contributed by atoms with Crippen molar-refractivity contribution in [2.75, 3.05) is 26.2 Å². The van der Waals surface area contributed by atoms with E-state index in [1.807, 2.05) is 18.2 Å². The van der Waals surface area contributed by atoms with Gasteiger partial charge in [0.1, 0.15) is 5.54 Å². The summed E-state index contributed by atoms with van der Waals surface area (Å²) in [5.74, 6) is 0.414. The minimum absolute atomic E-state index is 0.00871. The first kappa shape index (κ1) is 30.7. The normalized spacial score (nSPS) is 15.1. The molecule has 1 aromatic heterocycles. The summed E-state index contributed by atoms with van der Waals surface area (Å²) < 4.78 is 2.10. The van der Waals surface area contributed by atoms with Crippen LogP contribution >= 0.6 is 0 Å². The van der Waals surface area contributed by atoms with Gasteiger partial charge >= 0.3 is 0 Å². The Kier molecular flexibility index (Phi) is 9.96. The number of aromatic nitrogens is 2. The Bertz CT molecular complexity index is 1520. The summed E-state index contributed by atoms with van der Waals surface area (Å²) in [7, 11) is 0. The number of carbonyl (C=O) groups is 1. The van der Waals surface area contributed by atoms with Crippen LogP contribution in [0.25, 0.3) is 0 Å². The van der Waals surface area contributed by atoms with E-state index >= 15 is 0 Å². The maximum atomic E-state index is 12.9. The van der Waals surface area contributed by atoms with Crippen LogP contribution in [0, 0.1) is 0 Å². The van der Waals surface area contributed by atoms with Crippen LogP contribution in [0.5, 0.6) is 0 Å². The predicted molar refractivity (Wildman–Crippen MR) is 181 cm³/mol. The zero-order chi connectivity index (χ0) is 30.9. The van der Waals surface area contributed by atoms with Crippen molar-refractivity contribution in [3.05, 3.63) is 161 Å². The van der Waals surface area contributed by atoms with Gasteiger partial charge < -0.3 is 4.57 Å². The average molecular weight is 598 g/mol. The summed E-state index contributed by atoms with van der Waals surface area (Å²) >= 11 is 0. The van der Waals surface area contributed by atoms with Gasteiger partial charge in [0.05, 0.1) is 11.7 Å². The highest BCUT2D eigenvalue weighted by Gasteiger charge is 2.40. The molecule has 6 rings (SSSR count). The van der Waals surface area contributed by atoms with E-state index < -0.39 is 5.54 Å². The third-order valence-corrected chi connectivity index (χ3v) is 8.96. The molecule has 5 aromatic rings. The Morgan fingerprint density at radius 3 is 1.76 bits per heavy atom. The number of aldehydes is 1. The molecule has 6 nitrogen and oxygen atoms in total. The topological polar surface area (TPSA) is 53.4 Å². The summed E-state index contributed by atoms with van der Waals surface area (Å²) in [5, 5.41) is 2.35. The number of rotatable bonds is 13. The number of unbranched alkanes of at least 4 members (excludes halogenated alkanes) is 1. The van der Waals surface area contributed by atoms with Crippen LogP contribution in [-0.4, -0.2) is 51.9 Å². The summed E-state index contributed by atoms with van der Waals surface area (Å²) in [4.78, 5) is 20.4. The Labute approximate surface area is 267 Å². The van der Waals surface area contributed by atoms with Crippen molar-refractivity contribution in [3.8, 4) is 0 Å². The van der Waals surface area contributed by atoms with Crippen molar-refractivity contribution in [3.63, 3.8) is 0 Å². The first-order chi connectivity index (χ1) is 22.2. The van der Waals surface area contributed by atoms with Gasteiger partial charge in [-0.05, 0) is 28.7 Å². The minimum atomic E-state index is -0.788. The van der Waals surface area contributed by atoms with E-state index in [4.69, 9.17) is 4.98 Å². The minimum Gasteiger partial charge on any atom is -0.310 e. The van der Waals surface area contributed by atoms with E-state index in [9.17, 15) is 4.79 Å². The molecule has 0 saturated carbocycles. The van der Waals surface area contributed by atoms with E-state index in [2.05, 4.69) is 136 Å². The van der Waals surface area contributed by atoms with Crippen molar-refractivity contribution in [1.29, 1.82) is 0 Å². The SMILES string of the molecule is CCCCC(NN1CCN(Cc2ccccc2)CC1)c1cn(C(c2ccccc2)(c2ccccc2)c2ccccc2)c(C=O)n1. The van der Waals surface area contributed by atoms with Crippen molar-refractivity contribution in [1.82, 2.24) is 24.9 Å². The highest BCUT2D eigenvalue weighted by Crippen LogP contribution is 2.42. The zero-order valence-electron chi connectivity index (χ0n) is 26.1. The lowest BCUT2D eigenvalue weighted by molar-refractivity contribution is 0.0679. The predicted octanol–water partition coefficient (Wildman–Crippen LogP) is 7.09. The monoisotopic (exact) mass is 597 g/mol. The van der Waals surface area contributed by atoms with Crippen LogP contribution in [0.15, 0.2) is 128 Å². The second-order valence-corrected chi connectivity index (χ2v) is 11.9. The van der Waals surface area contributed by atoms with Crippen LogP contribution in [-0.2, 0) is 12.1 Å². The third kappa shape index (κ3) is 6.69. The molecule has 1 aliphatic rings. The van der Waals surface area contributed by atoms with Gasteiger partial charge in [0.15, 0.2) is 12.1 Å². The quantitative estimate of drug-likeness (QED) is 0.116. The molecule has 0 aliphatic carbocycles. The Balaban J connectivity index is 1.36. The second kappa shape index (κ2) is 14.6. The van der Waals surface area contributed by atoms with Gasteiger partial charge in [-0.1, -0.05) is 141 Å². The first-order valence-electron chi connectivity index (χ1n) is 16.2. The van der Waals surface area contributed by atoms with Gasteiger partial charge in [-0.3, -0.25) is 9.69 Å². The van der Waals surface area contributed by atoms with Crippen molar-refractivity contribution in [2.45, 2.75) is 44.3 Å². The lowest BCUT2D eigenvalue weighted by atomic mass is 9.76. The lowest BCUT2D eigenvalue weighted by Crippen LogP contribution is -2.52. The second-order valence-electron chi connectivity index (χ2n) is 11.9. The van der Waals surface area contributed by atoms with E-state index in [0.29, 0.717) is 5.82 Å². The fourth-order valence-corrected chi connectivity index (χ4v) is 6.67. The average Bonchev–Trinajstić information content (AvgIpc) is 3.54. The first-order valence-corrected chi connectivity index (χ1v) is 16.2. The summed E-state index contributed by atoms with van der Waals surface area (Å²) in [5.41, 5.74) is 8.51. The summed E-state index contributed by atoms with van der Waals surface area (Å²) in [6, 6.07) is 42.1. The summed E-state index contributed by atoms with van der Waals surface area (Å²) in [6.45, 7) is 7.05. The van der Waals surface area contributed by atoms with Gasteiger partial charge in [0, 0.05) is 38.9 Å². The number of nitrogens with zero attached hydrogens (tertiary/aromatic N) is 4. The number of imidazole rings is 1. The molecule has 1 aliphatic heterocycles. The number of nitrogens with one attached hydrogen (secondary N) is 1. The molecule has 0 spiro atoms. The summed E-state index contributed by atoms with van der Waals surface area (Å²) in [6.07, 6.45) is 6.12. The van der Waals surface area contributed by atoms with E-state index in [0.717, 1.165) is 80.7 Å². The lowest BCUT2D eigenvalue weighted by Gasteiger charge is -2.38. The molecule has 45 heavy (non-hydrogen) atoms. The number of carbonyl (C=O) groups excluding carboxylic acids is 1. The maximum Gasteiger partial charge on any atom is 0.185 e. The van der Waals surface area contributed by atoms with E-state index in [1.54, 1.807) is 0 Å². The molecule has 2 heterocycles. The van der Waals surface area contributed by atoms with Gasteiger partial charge in [-0.2, -0.15) is 0 Å². The number of hydrogen-bond donors (Lipinski definition) is 1. The molecule has 0 radical (unpaired) electrons. The zero-order valence-corrected chi connectivity index (χ0v) is 26.1. The maximum absolute atomic E-state index is 12.9. The standard InChI is InChI=1S/C39H43N5O/c1-2-3-24-36(41-43-27-25-42(26-28-43)29-32-16-8-4-9-17-32)37-30-44(38(31-45)40-37)39(33-18-10-5-11-19-33,34-20-12-6-13-21-34)35-22-14-7-15-23-35/h4-23,30-31,36,41H,2-3,24-29H2,1H3. The molecule has 4 aromatic carbocycles. The van der Waals surface area contributed by atoms with Crippen LogP contribution in [0.3, 0.4) is 0 Å². The highest BCUT2D eigenvalue weighted by molar-refractivity contribution is 5.71. The van der Waals surface area contributed by atoms with Crippen molar-refractivity contribution in [2.24, 2.45) is 0 Å². The largest absolute Gasteiger partial charge is 0.310 e. The van der Waals surface area contributed by atoms with Crippen LogP contribution in [0.4, 0.5) is 0 Å². The van der Waals surface area contributed by atoms with Gasteiger partial charge in [-0.25, -0.2) is 15.4 Å². The van der Waals surface area contributed by atoms with Gasteiger partial charge in [-0.15, -0.1) is 0 Å². The Hall–Kier alpha value is -4.36. The van der Waals surface area contributed by atoms with Crippen molar-refractivity contribution >= 4 is 6.29 Å². The molecule has 1 fully saturated rings. The molecule has 1 N–H and O–H groups in total. The molecule has 0 bridgehead atoms. The van der Waals surface area contributed by atoms with Crippen LogP contribution in [0.1, 0.15) is 70.8 Å². The molecule has 230 valence electrons. The van der Waals surface area contributed by atoms with Crippen molar-refractivity contribution < 1.29 is 4.79 Å². The van der Waals surface area contributed by atoms with Crippen LogP contribution in [0.2, 0.25) is 0 Å². The van der Waals surface area contributed by atoms with E-state index in [1.165, 1.54) is 5.56 Å². The van der Waals surface area contributed by atoms with E-state index in [-0.39, 0.29) is 6.04 Å². The molecular weight excluding hydrogens is 554 g/mol. The Morgan fingerprint density at radius 1 is 0.756 bits per heavy atom. The molecular formula is C39H43N5O. The number of hydrazine groups is 1. The fourth-order valence-electron chi connectivity index (χ4n) is 6.67. The number of piperazine rings is 1. The highest BCUT2D eigenvalue weighted by atomic mass is 16.1. The van der Waals surface area contributed by atoms with Gasteiger partial charge in [0.25, 0.3) is 0 Å². The number of benzene rings is 4. The van der Waals surface area contributed by atoms with Crippen LogP contribution < -0.4 is 5.43 Å². The molecule has 1 unspecified atom stereocenters. The third-order valence-electron chi connectivity index (χ3n) is 8.96. The van der Waals surface area contributed by atoms with Gasteiger partial charge in [0.2, 0.25) is 0 Å². The smallest absolute Gasteiger partial charge is 0.185 e. The number of hydrogen-bond acceptors (Lipinski definition) is 5. The molecule has 0 amide bonds. The molecule has 6 heteroatoms. The Morgan fingerprint density at radius 2 is 1.27 bits per heavy atom.